The molecule has 27 heavy (non-hydrogen) atoms. The molecule has 0 radical (unpaired) electrons. The largest absolute Gasteiger partial charge is 0.478 e. The van der Waals surface area contributed by atoms with Crippen LogP contribution < -0.4 is 14.8 Å². The molecule has 1 aromatic carbocycles. The van der Waals surface area contributed by atoms with Crippen molar-refractivity contribution in [3.8, 4) is 22.5 Å². The first-order valence-corrected chi connectivity index (χ1v) is 9.10. The molecule has 0 fully saturated rings. The summed E-state index contributed by atoms with van der Waals surface area (Å²) in [7, 11) is 3.79. The first-order chi connectivity index (χ1) is 13.0. The molecular weight excluding hydrogens is 340 g/mol. The van der Waals surface area contributed by atoms with E-state index in [1.165, 1.54) is 0 Å². The van der Waals surface area contributed by atoms with Crippen LogP contribution in [0, 0.1) is 0 Å². The van der Waals surface area contributed by atoms with E-state index in [0.717, 1.165) is 41.0 Å². The number of nitrogens with zero attached hydrogens (tertiary/aromatic N) is 2. The zero-order valence-corrected chi connectivity index (χ0v) is 16.2. The normalized spacial score (nSPS) is 10.8. The van der Waals surface area contributed by atoms with Crippen molar-refractivity contribution in [1.29, 1.82) is 0 Å². The second kappa shape index (κ2) is 7.66. The Morgan fingerprint density at radius 3 is 2.33 bits per heavy atom. The zero-order chi connectivity index (χ0) is 19.6. The standard InChI is InChI=1S/C22H24N2O3/c1-5-24(6-2)16-8-10-19-18(11-12-27-21(19)14-16)17-9-7-15(23(3)4)13-20(17)22(25)26/h7-14H,5-6H2,1-4H3/p+1. The molecule has 5 nitrogen and oxygen atoms in total. The quantitative estimate of drug-likeness (QED) is 0.702. The van der Waals surface area contributed by atoms with E-state index in [1.807, 2.05) is 49.3 Å². The van der Waals surface area contributed by atoms with Gasteiger partial charge < -0.3 is 14.4 Å². The van der Waals surface area contributed by atoms with Gasteiger partial charge in [-0.2, -0.15) is 0 Å². The lowest BCUT2D eigenvalue weighted by molar-refractivity contribution is 0.0698. The Hall–Kier alpha value is -3.08. The third-order valence-electron chi connectivity index (χ3n) is 4.85. The Morgan fingerprint density at radius 2 is 1.70 bits per heavy atom. The summed E-state index contributed by atoms with van der Waals surface area (Å²) in [5, 5.41) is 10.8. The zero-order valence-electron chi connectivity index (χ0n) is 16.2. The molecule has 2 aliphatic rings. The van der Waals surface area contributed by atoms with Gasteiger partial charge in [0.1, 0.15) is 18.8 Å². The number of anilines is 1. The van der Waals surface area contributed by atoms with Crippen molar-refractivity contribution in [1.82, 2.24) is 4.58 Å². The van der Waals surface area contributed by atoms with E-state index < -0.39 is 5.97 Å². The molecule has 0 saturated carbocycles. The second-order valence-electron chi connectivity index (χ2n) is 6.62. The van der Waals surface area contributed by atoms with E-state index in [2.05, 4.69) is 24.5 Å². The first-order valence-electron chi connectivity index (χ1n) is 9.10. The highest BCUT2D eigenvalue weighted by molar-refractivity contribution is 5.99. The van der Waals surface area contributed by atoms with E-state index >= 15 is 0 Å². The first kappa shape index (κ1) is 18.7. The molecule has 1 aliphatic heterocycles. The third kappa shape index (κ3) is 3.58. The average Bonchev–Trinajstić information content (AvgIpc) is 2.67. The maximum atomic E-state index is 11.9. The minimum Gasteiger partial charge on any atom is -0.478 e. The van der Waals surface area contributed by atoms with Crippen LogP contribution in [0.1, 0.15) is 24.2 Å². The van der Waals surface area contributed by atoms with Crippen LogP contribution >= 0.6 is 0 Å². The highest BCUT2D eigenvalue weighted by Gasteiger charge is 2.19. The van der Waals surface area contributed by atoms with Crippen LogP contribution in [0.2, 0.25) is 0 Å². The third-order valence-corrected chi connectivity index (χ3v) is 4.85. The Balaban J connectivity index is 2.24. The summed E-state index contributed by atoms with van der Waals surface area (Å²) in [5.74, 6) is -0.202. The minimum absolute atomic E-state index is 0.279. The Bertz CT molecular complexity index is 1010. The predicted octanol–water partition coefficient (Wildman–Crippen LogP) is 3.63. The van der Waals surface area contributed by atoms with Crippen LogP contribution in [-0.2, 0) is 0 Å². The lowest BCUT2D eigenvalue weighted by atomic mass is 9.94. The monoisotopic (exact) mass is 365 g/mol. The Kier molecular flexibility index (Phi) is 5.31. The number of benzene rings is 2. The van der Waals surface area contributed by atoms with Gasteiger partial charge in [-0.25, -0.2) is 9.37 Å². The molecule has 0 atom stereocenters. The number of carboxylic acid groups (broad SMARTS) is 1. The van der Waals surface area contributed by atoms with Gasteiger partial charge in [-0.3, -0.25) is 0 Å². The number of rotatable bonds is 5. The van der Waals surface area contributed by atoms with Crippen molar-refractivity contribution >= 4 is 11.7 Å². The fourth-order valence-electron chi connectivity index (χ4n) is 3.34. The predicted molar refractivity (Wildman–Crippen MR) is 108 cm³/mol. The van der Waals surface area contributed by atoms with Crippen molar-refractivity contribution in [2.45, 2.75) is 13.8 Å². The van der Waals surface area contributed by atoms with Crippen LogP contribution in [0.4, 0.5) is 5.69 Å². The molecule has 0 aromatic heterocycles. The van der Waals surface area contributed by atoms with Crippen molar-refractivity contribution in [2.24, 2.45) is 0 Å². The maximum absolute atomic E-state index is 11.9. The summed E-state index contributed by atoms with van der Waals surface area (Å²) in [5.41, 5.74) is 3.56. The Morgan fingerprint density at radius 1 is 1.00 bits per heavy atom. The summed E-state index contributed by atoms with van der Waals surface area (Å²) < 4.78 is 7.98. The molecule has 140 valence electrons. The lowest BCUT2D eigenvalue weighted by Gasteiger charge is -2.17. The van der Waals surface area contributed by atoms with Crippen LogP contribution in [0.3, 0.4) is 0 Å². The summed E-state index contributed by atoms with van der Waals surface area (Å²) in [6, 6.07) is 13.4. The molecule has 1 aliphatic carbocycles. The van der Waals surface area contributed by atoms with Crippen molar-refractivity contribution in [2.75, 3.05) is 32.1 Å². The molecule has 0 bridgehead atoms. The van der Waals surface area contributed by atoms with Gasteiger partial charge in [-0.05, 0) is 49.2 Å². The number of hydrogen-bond donors (Lipinski definition) is 1. The SMILES string of the molecule is CC[N+](CC)=c1ccc2c(-c3ccc(N(C)C)cc3C(=O)O)ccoc-2c1. The van der Waals surface area contributed by atoms with Crippen molar-refractivity contribution in [3.05, 3.63) is 59.6 Å². The number of carboxylic acids is 1. The number of fused-ring (bicyclic) bond motifs is 1. The Labute approximate surface area is 159 Å². The smallest absolute Gasteiger partial charge is 0.336 e. The topological polar surface area (TPSA) is 56.7 Å². The summed E-state index contributed by atoms with van der Waals surface area (Å²) in [4.78, 5) is 13.8. The number of aromatic carboxylic acids is 1. The van der Waals surface area contributed by atoms with Gasteiger partial charge in [0.05, 0.1) is 17.9 Å². The second-order valence-corrected chi connectivity index (χ2v) is 6.62. The lowest BCUT2D eigenvalue weighted by Crippen LogP contribution is -2.29. The van der Waals surface area contributed by atoms with Gasteiger partial charge in [-0.15, -0.1) is 0 Å². The molecular formula is C22H25N2O3+. The fraction of sp³-hybridized carbons (Fsp3) is 0.273. The van der Waals surface area contributed by atoms with Crippen LogP contribution in [0.5, 0.6) is 0 Å². The fourth-order valence-corrected chi connectivity index (χ4v) is 3.34. The molecule has 0 spiro atoms. The van der Waals surface area contributed by atoms with Gasteiger partial charge in [0.2, 0.25) is 5.36 Å². The van der Waals surface area contributed by atoms with Gasteiger partial charge >= 0.3 is 5.97 Å². The van der Waals surface area contributed by atoms with Crippen LogP contribution in [-0.4, -0.2) is 38.3 Å². The van der Waals surface area contributed by atoms with E-state index in [1.54, 1.807) is 12.3 Å². The molecule has 1 aromatic rings. The highest BCUT2D eigenvalue weighted by atomic mass is 16.4. The number of hydrogen-bond acceptors (Lipinski definition) is 3. The molecule has 5 heteroatoms. The average molecular weight is 365 g/mol. The van der Waals surface area contributed by atoms with Crippen LogP contribution in [0.25, 0.3) is 22.5 Å². The summed E-state index contributed by atoms with van der Waals surface area (Å²) >= 11 is 0. The van der Waals surface area contributed by atoms with Crippen molar-refractivity contribution < 1.29 is 14.3 Å². The molecule has 1 heterocycles. The summed E-state index contributed by atoms with van der Waals surface area (Å²) in [6.07, 6.45) is 1.62. The molecule has 1 N–H and O–H groups in total. The molecule has 0 saturated heterocycles. The van der Waals surface area contributed by atoms with E-state index in [4.69, 9.17) is 4.42 Å². The van der Waals surface area contributed by atoms with Gasteiger partial charge in [0.25, 0.3) is 0 Å². The van der Waals surface area contributed by atoms with Gasteiger partial charge in [0, 0.05) is 31.4 Å². The van der Waals surface area contributed by atoms with E-state index in [0.29, 0.717) is 5.56 Å². The highest BCUT2D eigenvalue weighted by Crippen LogP contribution is 2.35. The number of carbonyl (C=O) groups is 1. The molecule has 3 rings (SSSR count). The summed E-state index contributed by atoms with van der Waals surface area (Å²) in [6.45, 7) is 6.06. The molecule has 0 unspecified atom stereocenters. The van der Waals surface area contributed by atoms with Gasteiger partial charge in [0.15, 0.2) is 0 Å². The minimum atomic E-state index is -0.942. The van der Waals surface area contributed by atoms with E-state index in [9.17, 15) is 9.90 Å². The van der Waals surface area contributed by atoms with E-state index in [-0.39, 0.29) is 5.56 Å². The maximum Gasteiger partial charge on any atom is 0.336 e. The van der Waals surface area contributed by atoms with Crippen LogP contribution in [0.15, 0.2) is 53.1 Å². The van der Waals surface area contributed by atoms with Gasteiger partial charge in [-0.1, -0.05) is 6.07 Å². The van der Waals surface area contributed by atoms with Crippen molar-refractivity contribution in [3.63, 3.8) is 0 Å². The molecule has 0 amide bonds.